The van der Waals surface area contributed by atoms with Crippen LogP contribution in [0.25, 0.3) is 5.69 Å². The van der Waals surface area contributed by atoms with Crippen molar-refractivity contribution in [2.75, 3.05) is 12.8 Å². The number of halogens is 1. The lowest BCUT2D eigenvalue weighted by Gasteiger charge is -2.22. The van der Waals surface area contributed by atoms with Gasteiger partial charge in [0.25, 0.3) is 0 Å². The molecule has 0 saturated carbocycles. The second kappa shape index (κ2) is 5.89. The molecule has 0 spiro atoms. The Morgan fingerprint density at radius 1 is 1.23 bits per heavy atom. The molecule has 1 aromatic heterocycles. The van der Waals surface area contributed by atoms with Crippen molar-refractivity contribution in [1.82, 2.24) is 4.57 Å². The smallest absolute Gasteiger partial charge is 0.0992 e. The van der Waals surface area contributed by atoms with Crippen molar-refractivity contribution < 1.29 is 0 Å². The van der Waals surface area contributed by atoms with Gasteiger partial charge in [-0.2, -0.15) is 0 Å². The number of aromatic nitrogens is 1. The molecule has 2 nitrogen and oxygen atoms in total. The highest BCUT2D eigenvalue weighted by atomic mass is 79.9. The molecule has 1 aliphatic heterocycles. The van der Waals surface area contributed by atoms with Crippen molar-refractivity contribution in [3.63, 3.8) is 0 Å². The van der Waals surface area contributed by atoms with E-state index in [1.807, 2.05) is 0 Å². The lowest BCUT2D eigenvalue weighted by molar-refractivity contribution is 0.374. The number of hydrogen-bond acceptors (Lipinski definition) is 2. The predicted molar refractivity (Wildman–Crippen MR) is 101 cm³/mol. The molecule has 4 heteroatoms. The Hall–Kier alpha value is -1.000. The van der Waals surface area contributed by atoms with Gasteiger partial charge in [-0.1, -0.05) is 29.8 Å². The SMILES string of the molecule is CSC1=NCC(C)(C)Cc2c1cc(C)n2-c1ccc(Br)cc1. The topological polar surface area (TPSA) is 17.3 Å². The number of rotatable bonds is 1. The maximum Gasteiger partial charge on any atom is 0.0992 e. The minimum atomic E-state index is 0.185. The summed E-state index contributed by atoms with van der Waals surface area (Å²) in [5.41, 5.74) is 5.37. The van der Waals surface area contributed by atoms with Gasteiger partial charge in [-0.25, -0.2) is 0 Å². The standard InChI is InChI=1S/C18H21BrN2S/c1-12-9-15-16(10-18(2,3)11-20-17(15)22-4)21(12)14-7-5-13(19)6-8-14/h5-9H,10-11H2,1-4H3. The van der Waals surface area contributed by atoms with Crippen LogP contribution in [-0.2, 0) is 6.42 Å². The molecule has 116 valence electrons. The first-order chi connectivity index (χ1) is 10.4. The highest BCUT2D eigenvalue weighted by molar-refractivity contribution is 9.10. The van der Waals surface area contributed by atoms with E-state index in [0.717, 1.165) is 17.4 Å². The average Bonchev–Trinajstić information content (AvgIpc) is 2.70. The van der Waals surface area contributed by atoms with Crippen molar-refractivity contribution in [3.8, 4) is 5.69 Å². The van der Waals surface area contributed by atoms with Crippen LogP contribution in [0, 0.1) is 12.3 Å². The van der Waals surface area contributed by atoms with Crippen molar-refractivity contribution >= 4 is 32.7 Å². The number of thioether (sulfide) groups is 1. The van der Waals surface area contributed by atoms with Gasteiger partial charge in [0, 0.05) is 33.7 Å². The van der Waals surface area contributed by atoms with Gasteiger partial charge < -0.3 is 4.57 Å². The van der Waals surface area contributed by atoms with Gasteiger partial charge in [0.1, 0.15) is 0 Å². The van der Waals surface area contributed by atoms with Crippen molar-refractivity contribution in [2.45, 2.75) is 27.2 Å². The van der Waals surface area contributed by atoms with Crippen LogP contribution in [0.5, 0.6) is 0 Å². The lowest BCUT2D eigenvalue weighted by Crippen LogP contribution is -2.20. The first-order valence-corrected chi connectivity index (χ1v) is 9.49. The van der Waals surface area contributed by atoms with E-state index in [2.05, 4.69) is 77.9 Å². The fourth-order valence-electron chi connectivity index (χ4n) is 3.05. The van der Waals surface area contributed by atoms with E-state index in [-0.39, 0.29) is 5.41 Å². The Balaban J connectivity index is 2.20. The normalized spacial score (nSPS) is 16.9. The fourth-order valence-corrected chi connectivity index (χ4v) is 3.91. The molecular weight excluding hydrogens is 356 g/mol. The molecule has 22 heavy (non-hydrogen) atoms. The number of aryl methyl sites for hydroxylation is 1. The highest BCUT2D eigenvalue weighted by Crippen LogP contribution is 2.34. The lowest BCUT2D eigenvalue weighted by atomic mass is 9.88. The maximum absolute atomic E-state index is 4.86. The van der Waals surface area contributed by atoms with E-state index >= 15 is 0 Å². The quantitative estimate of drug-likeness (QED) is 0.664. The number of fused-ring (bicyclic) bond motifs is 1. The zero-order valence-corrected chi connectivity index (χ0v) is 15.9. The Morgan fingerprint density at radius 2 is 1.91 bits per heavy atom. The van der Waals surface area contributed by atoms with Crippen LogP contribution in [0.15, 0.2) is 39.8 Å². The third-order valence-electron chi connectivity index (χ3n) is 4.09. The highest BCUT2D eigenvalue weighted by Gasteiger charge is 2.28. The second-order valence-electron chi connectivity index (χ2n) is 6.62. The number of nitrogens with zero attached hydrogens (tertiary/aromatic N) is 2. The molecule has 0 aliphatic carbocycles. The van der Waals surface area contributed by atoms with Crippen LogP contribution in [0.4, 0.5) is 0 Å². The van der Waals surface area contributed by atoms with E-state index in [0.29, 0.717) is 0 Å². The Bertz CT molecular complexity index is 726. The van der Waals surface area contributed by atoms with Crippen LogP contribution in [0.3, 0.4) is 0 Å². The third-order valence-corrected chi connectivity index (χ3v) is 5.36. The summed E-state index contributed by atoms with van der Waals surface area (Å²) in [6, 6.07) is 10.8. The molecule has 0 amide bonds. The average molecular weight is 377 g/mol. The number of aliphatic imine (C=N–C) groups is 1. The fraction of sp³-hybridized carbons (Fsp3) is 0.389. The first kappa shape index (κ1) is 15.9. The Labute approximate surface area is 145 Å². The molecule has 2 aromatic rings. The molecule has 1 aromatic carbocycles. The first-order valence-electron chi connectivity index (χ1n) is 7.47. The van der Waals surface area contributed by atoms with E-state index < -0.39 is 0 Å². The van der Waals surface area contributed by atoms with Gasteiger partial charge in [-0.3, -0.25) is 4.99 Å². The van der Waals surface area contributed by atoms with Crippen LogP contribution in [0.1, 0.15) is 30.8 Å². The van der Waals surface area contributed by atoms with Crippen LogP contribution >= 0.6 is 27.7 Å². The second-order valence-corrected chi connectivity index (χ2v) is 8.34. The zero-order valence-electron chi connectivity index (χ0n) is 13.5. The van der Waals surface area contributed by atoms with Gasteiger partial charge >= 0.3 is 0 Å². The molecule has 1 aliphatic rings. The van der Waals surface area contributed by atoms with Crippen molar-refractivity contribution in [1.29, 1.82) is 0 Å². The van der Waals surface area contributed by atoms with Gasteiger partial charge in [0.05, 0.1) is 5.04 Å². The van der Waals surface area contributed by atoms with Crippen LogP contribution in [0.2, 0.25) is 0 Å². The van der Waals surface area contributed by atoms with Gasteiger partial charge in [-0.15, -0.1) is 11.8 Å². The molecule has 0 unspecified atom stereocenters. The molecule has 0 bridgehead atoms. The summed E-state index contributed by atoms with van der Waals surface area (Å²) in [5.74, 6) is 0. The molecule has 0 radical (unpaired) electrons. The number of hydrogen-bond donors (Lipinski definition) is 0. The summed E-state index contributed by atoms with van der Waals surface area (Å²) in [6.07, 6.45) is 3.16. The predicted octanol–water partition coefficient (Wildman–Crippen LogP) is 5.24. The van der Waals surface area contributed by atoms with E-state index in [1.165, 1.54) is 27.7 Å². The third kappa shape index (κ3) is 2.91. The summed E-state index contributed by atoms with van der Waals surface area (Å²) in [4.78, 5) is 4.86. The summed E-state index contributed by atoms with van der Waals surface area (Å²) in [6.45, 7) is 7.68. The summed E-state index contributed by atoms with van der Waals surface area (Å²) >= 11 is 5.27. The molecule has 2 heterocycles. The van der Waals surface area contributed by atoms with E-state index in [9.17, 15) is 0 Å². The maximum atomic E-state index is 4.86. The van der Waals surface area contributed by atoms with E-state index in [1.54, 1.807) is 11.8 Å². The molecular formula is C18H21BrN2S. The molecule has 0 N–H and O–H groups in total. The van der Waals surface area contributed by atoms with Crippen LogP contribution < -0.4 is 0 Å². The number of benzene rings is 1. The molecule has 0 saturated heterocycles. The minimum Gasteiger partial charge on any atom is -0.317 e. The van der Waals surface area contributed by atoms with Crippen LogP contribution in [-0.4, -0.2) is 22.4 Å². The molecule has 0 fully saturated rings. The Morgan fingerprint density at radius 3 is 2.55 bits per heavy atom. The summed E-state index contributed by atoms with van der Waals surface area (Å²) < 4.78 is 3.50. The van der Waals surface area contributed by atoms with Gasteiger partial charge in [0.15, 0.2) is 0 Å². The summed E-state index contributed by atoms with van der Waals surface area (Å²) in [7, 11) is 0. The summed E-state index contributed by atoms with van der Waals surface area (Å²) in [5, 5.41) is 1.17. The van der Waals surface area contributed by atoms with Crippen molar-refractivity contribution in [2.24, 2.45) is 10.4 Å². The van der Waals surface area contributed by atoms with Crippen molar-refractivity contribution in [3.05, 3.63) is 51.8 Å². The largest absolute Gasteiger partial charge is 0.317 e. The Kier molecular flexibility index (Phi) is 4.25. The van der Waals surface area contributed by atoms with E-state index in [4.69, 9.17) is 4.99 Å². The zero-order chi connectivity index (χ0) is 15.9. The van der Waals surface area contributed by atoms with Gasteiger partial charge in [0.2, 0.25) is 0 Å². The minimum absolute atomic E-state index is 0.185. The molecule has 0 atom stereocenters. The monoisotopic (exact) mass is 376 g/mol. The van der Waals surface area contributed by atoms with Gasteiger partial charge in [-0.05, 0) is 55.3 Å². The molecule has 3 rings (SSSR count).